The first-order valence-corrected chi connectivity index (χ1v) is 5.63. The second kappa shape index (κ2) is 7.34. The van der Waals surface area contributed by atoms with E-state index < -0.39 is 0 Å². The summed E-state index contributed by atoms with van der Waals surface area (Å²) in [6, 6.07) is 10.7. The maximum atomic E-state index is 5.89. The van der Waals surface area contributed by atoms with Gasteiger partial charge in [0.15, 0.2) is 0 Å². The zero-order chi connectivity index (χ0) is 10.9. The lowest BCUT2D eigenvalue weighted by Gasteiger charge is -2.13. The van der Waals surface area contributed by atoms with E-state index in [1.165, 1.54) is 5.56 Å². The summed E-state index contributed by atoms with van der Waals surface area (Å²) in [7, 11) is 0. The first-order valence-electron chi connectivity index (χ1n) is 5.09. The van der Waals surface area contributed by atoms with Crippen LogP contribution in [0.25, 0.3) is 0 Å². The molecule has 0 heterocycles. The summed E-state index contributed by atoms with van der Waals surface area (Å²) in [5.41, 5.74) is 1.31. The molecule has 80 valence electrons. The van der Waals surface area contributed by atoms with Crippen molar-refractivity contribution in [1.82, 2.24) is 5.32 Å². The number of halogens is 1. The normalized spacial score (nSPS) is 11.6. The Bertz CT molecular complexity index is 323. The molecule has 1 nitrogen and oxygen atoms in total. The minimum absolute atomic E-state index is 0.301. The molecule has 0 radical (unpaired) electrons. The second-order valence-corrected chi connectivity index (χ2v) is 3.66. The molecule has 15 heavy (non-hydrogen) atoms. The van der Waals surface area contributed by atoms with Crippen LogP contribution in [0.2, 0.25) is 0 Å². The van der Waals surface area contributed by atoms with E-state index in [1.807, 2.05) is 25.1 Å². The summed E-state index contributed by atoms with van der Waals surface area (Å²) >= 11 is 5.89. The first kappa shape index (κ1) is 12.1. The molecule has 0 aliphatic rings. The number of hydrogen-bond donors (Lipinski definition) is 1. The van der Waals surface area contributed by atoms with Gasteiger partial charge in [-0.2, -0.15) is 0 Å². The van der Waals surface area contributed by atoms with Gasteiger partial charge in [0.25, 0.3) is 0 Å². The number of alkyl halides is 1. The van der Waals surface area contributed by atoms with Gasteiger partial charge < -0.3 is 5.32 Å². The van der Waals surface area contributed by atoms with Crippen LogP contribution in [0, 0.1) is 11.8 Å². The van der Waals surface area contributed by atoms with Crippen molar-refractivity contribution < 1.29 is 0 Å². The predicted octanol–water partition coefficient (Wildman–Crippen LogP) is 2.45. The van der Waals surface area contributed by atoms with E-state index in [4.69, 9.17) is 11.6 Å². The summed E-state index contributed by atoms with van der Waals surface area (Å²) < 4.78 is 0. The largest absolute Gasteiger partial charge is 0.302 e. The van der Waals surface area contributed by atoms with Crippen LogP contribution in [0.3, 0.4) is 0 Å². The molecule has 0 saturated heterocycles. The highest BCUT2D eigenvalue weighted by Crippen LogP contribution is 2.04. The average Bonchev–Trinajstić information content (AvgIpc) is 2.29. The second-order valence-electron chi connectivity index (χ2n) is 3.35. The van der Waals surface area contributed by atoms with Crippen molar-refractivity contribution in [2.24, 2.45) is 0 Å². The standard InChI is InChI=1S/C13H16ClN/c1-2-3-9-15-13(11-14)10-12-7-5-4-6-8-12/h4-8,13,15H,9-11H2,1H3. The topological polar surface area (TPSA) is 12.0 Å². The van der Waals surface area contributed by atoms with E-state index in [-0.39, 0.29) is 0 Å². The van der Waals surface area contributed by atoms with Crippen molar-refractivity contribution in [1.29, 1.82) is 0 Å². The third-order valence-electron chi connectivity index (χ3n) is 2.17. The number of rotatable bonds is 5. The average molecular weight is 222 g/mol. The molecule has 1 aromatic carbocycles. The molecular formula is C13H16ClN. The van der Waals surface area contributed by atoms with Crippen molar-refractivity contribution in [3.8, 4) is 11.8 Å². The zero-order valence-electron chi connectivity index (χ0n) is 8.96. The van der Waals surface area contributed by atoms with Crippen LogP contribution < -0.4 is 5.32 Å². The van der Waals surface area contributed by atoms with Gasteiger partial charge in [-0.1, -0.05) is 36.3 Å². The smallest absolute Gasteiger partial charge is 0.0579 e. The van der Waals surface area contributed by atoms with E-state index in [1.54, 1.807) is 0 Å². The molecule has 0 aliphatic carbocycles. The molecule has 0 fully saturated rings. The molecule has 1 aromatic rings. The first-order chi connectivity index (χ1) is 7.36. The molecule has 1 unspecified atom stereocenters. The monoisotopic (exact) mass is 221 g/mol. The van der Waals surface area contributed by atoms with E-state index >= 15 is 0 Å². The fraction of sp³-hybridized carbons (Fsp3) is 0.385. The Morgan fingerprint density at radius 2 is 2.07 bits per heavy atom. The van der Waals surface area contributed by atoms with Gasteiger partial charge in [-0.25, -0.2) is 0 Å². The lowest BCUT2D eigenvalue weighted by atomic mass is 10.1. The molecule has 1 rings (SSSR count). The molecule has 0 bridgehead atoms. The lowest BCUT2D eigenvalue weighted by molar-refractivity contribution is 0.590. The van der Waals surface area contributed by atoms with Gasteiger partial charge in [-0.15, -0.1) is 17.5 Å². The Kier molecular flexibility index (Phi) is 5.92. The van der Waals surface area contributed by atoms with Crippen LogP contribution in [0.4, 0.5) is 0 Å². The molecule has 1 N–H and O–H groups in total. The van der Waals surface area contributed by atoms with Crippen LogP contribution in [0.15, 0.2) is 30.3 Å². The molecule has 0 aromatic heterocycles. The summed E-state index contributed by atoms with van der Waals surface area (Å²) in [6.45, 7) is 2.55. The summed E-state index contributed by atoms with van der Waals surface area (Å²) in [5.74, 6) is 6.45. The van der Waals surface area contributed by atoms with E-state index in [0.717, 1.165) is 6.42 Å². The maximum Gasteiger partial charge on any atom is 0.0579 e. The quantitative estimate of drug-likeness (QED) is 0.595. The molecule has 0 amide bonds. The van der Waals surface area contributed by atoms with Gasteiger partial charge in [0.1, 0.15) is 0 Å². The minimum Gasteiger partial charge on any atom is -0.302 e. The fourth-order valence-electron chi connectivity index (χ4n) is 1.36. The predicted molar refractivity (Wildman–Crippen MR) is 66.1 cm³/mol. The van der Waals surface area contributed by atoms with E-state index in [9.17, 15) is 0 Å². The number of nitrogens with one attached hydrogen (secondary N) is 1. The van der Waals surface area contributed by atoms with Crippen molar-refractivity contribution >= 4 is 11.6 Å². The van der Waals surface area contributed by atoms with Crippen LogP contribution >= 0.6 is 11.6 Å². The van der Waals surface area contributed by atoms with Crippen LogP contribution in [-0.2, 0) is 6.42 Å². The van der Waals surface area contributed by atoms with E-state index in [2.05, 4.69) is 29.3 Å². The lowest BCUT2D eigenvalue weighted by Crippen LogP contribution is -2.33. The Labute approximate surface area is 96.8 Å². The Hall–Kier alpha value is -0.970. The van der Waals surface area contributed by atoms with Gasteiger partial charge in [0.05, 0.1) is 6.54 Å². The molecule has 2 heteroatoms. The van der Waals surface area contributed by atoms with Gasteiger partial charge in [0, 0.05) is 11.9 Å². The van der Waals surface area contributed by atoms with Crippen molar-refractivity contribution in [2.75, 3.05) is 12.4 Å². The summed E-state index contributed by atoms with van der Waals surface area (Å²) in [5, 5.41) is 3.31. The minimum atomic E-state index is 0.301. The third-order valence-corrected chi connectivity index (χ3v) is 2.54. The maximum absolute atomic E-state index is 5.89. The Morgan fingerprint density at radius 1 is 1.33 bits per heavy atom. The summed E-state index contributed by atoms with van der Waals surface area (Å²) in [6.07, 6.45) is 0.954. The highest BCUT2D eigenvalue weighted by molar-refractivity contribution is 6.18. The fourth-order valence-corrected chi connectivity index (χ4v) is 1.58. The molecule has 0 saturated carbocycles. The van der Waals surface area contributed by atoms with Crippen LogP contribution in [-0.4, -0.2) is 18.5 Å². The molecule has 0 spiro atoms. The summed E-state index contributed by atoms with van der Waals surface area (Å²) in [4.78, 5) is 0. The van der Waals surface area contributed by atoms with Crippen molar-refractivity contribution in [3.63, 3.8) is 0 Å². The number of hydrogen-bond acceptors (Lipinski definition) is 1. The van der Waals surface area contributed by atoms with Crippen LogP contribution in [0.1, 0.15) is 12.5 Å². The third kappa shape index (κ3) is 4.88. The zero-order valence-corrected chi connectivity index (χ0v) is 9.72. The van der Waals surface area contributed by atoms with Crippen molar-refractivity contribution in [2.45, 2.75) is 19.4 Å². The van der Waals surface area contributed by atoms with Gasteiger partial charge in [-0.05, 0) is 18.9 Å². The number of benzene rings is 1. The molecule has 0 aliphatic heterocycles. The van der Waals surface area contributed by atoms with Crippen molar-refractivity contribution in [3.05, 3.63) is 35.9 Å². The van der Waals surface area contributed by atoms with E-state index in [0.29, 0.717) is 18.5 Å². The highest BCUT2D eigenvalue weighted by Gasteiger charge is 2.05. The molecule has 1 atom stereocenters. The van der Waals surface area contributed by atoms with Gasteiger partial charge >= 0.3 is 0 Å². The highest BCUT2D eigenvalue weighted by atomic mass is 35.5. The van der Waals surface area contributed by atoms with Gasteiger partial charge in [-0.3, -0.25) is 0 Å². The molecular weight excluding hydrogens is 206 g/mol. The Balaban J connectivity index is 2.42. The Morgan fingerprint density at radius 3 is 2.67 bits per heavy atom. The SMILES string of the molecule is CC#CCNC(CCl)Cc1ccccc1. The van der Waals surface area contributed by atoms with Crippen LogP contribution in [0.5, 0.6) is 0 Å². The van der Waals surface area contributed by atoms with Gasteiger partial charge in [0.2, 0.25) is 0 Å².